The zero-order valence-electron chi connectivity index (χ0n) is 10.3. The van der Waals surface area contributed by atoms with Gasteiger partial charge in [0.2, 0.25) is 0 Å². The van der Waals surface area contributed by atoms with Crippen LogP contribution in [0.1, 0.15) is 5.56 Å². The van der Waals surface area contributed by atoms with Gasteiger partial charge in [0.15, 0.2) is 0 Å². The minimum atomic E-state index is -0.325. The van der Waals surface area contributed by atoms with Crippen LogP contribution in [-0.4, -0.2) is 12.1 Å². The number of pyridine rings is 1. The molecular formula is C13H15Cl2FN2O. The van der Waals surface area contributed by atoms with Gasteiger partial charge in [-0.15, -0.1) is 24.8 Å². The lowest BCUT2D eigenvalue weighted by Gasteiger charge is -2.11. The molecule has 0 amide bonds. The highest BCUT2D eigenvalue weighted by atomic mass is 35.5. The van der Waals surface area contributed by atoms with Crippen LogP contribution in [0, 0.1) is 5.82 Å². The van der Waals surface area contributed by atoms with E-state index in [4.69, 9.17) is 10.5 Å². The third kappa shape index (κ3) is 3.80. The van der Waals surface area contributed by atoms with Gasteiger partial charge < -0.3 is 10.5 Å². The van der Waals surface area contributed by atoms with Crippen LogP contribution in [0.5, 0.6) is 5.75 Å². The van der Waals surface area contributed by atoms with Gasteiger partial charge in [0, 0.05) is 18.3 Å². The van der Waals surface area contributed by atoms with Crippen molar-refractivity contribution in [3.8, 4) is 17.0 Å². The minimum Gasteiger partial charge on any atom is -0.496 e. The van der Waals surface area contributed by atoms with E-state index in [-0.39, 0.29) is 30.6 Å². The average Bonchev–Trinajstić information content (AvgIpc) is 2.38. The molecule has 0 aliphatic carbocycles. The second-order valence-electron chi connectivity index (χ2n) is 3.56. The number of benzene rings is 1. The first-order valence-electron chi connectivity index (χ1n) is 5.24. The van der Waals surface area contributed by atoms with Crippen LogP contribution < -0.4 is 10.5 Å². The number of aromatic nitrogens is 1. The molecule has 1 aromatic carbocycles. The molecule has 19 heavy (non-hydrogen) atoms. The zero-order chi connectivity index (χ0) is 12.3. The van der Waals surface area contributed by atoms with E-state index >= 15 is 0 Å². The molecule has 0 aliphatic heterocycles. The molecule has 0 bridgehead atoms. The molecule has 0 saturated carbocycles. The van der Waals surface area contributed by atoms with Crippen LogP contribution in [0.2, 0.25) is 0 Å². The van der Waals surface area contributed by atoms with Crippen LogP contribution in [0.4, 0.5) is 4.39 Å². The first-order valence-corrected chi connectivity index (χ1v) is 5.24. The Hall–Kier alpha value is -1.36. The summed E-state index contributed by atoms with van der Waals surface area (Å²) in [6.45, 7) is 0.350. The van der Waals surface area contributed by atoms with Crippen molar-refractivity contribution in [1.29, 1.82) is 0 Å². The molecule has 0 atom stereocenters. The zero-order valence-corrected chi connectivity index (χ0v) is 11.9. The average molecular weight is 305 g/mol. The van der Waals surface area contributed by atoms with Crippen molar-refractivity contribution >= 4 is 24.8 Å². The second kappa shape index (κ2) is 7.94. The molecule has 1 heterocycles. The SMILES string of the molecule is COc1ccc(F)cc1-c1ncccc1CN.Cl.Cl. The van der Waals surface area contributed by atoms with Crippen molar-refractivity contribution in [2.75, 3.05) is 7.11 Å². The molecule has 2 N–H and O–H groups in total. The minimum absolute atomic E-state index is 0. The normalized spacial score (nSPS) is 9.21. The van der Waals surface area contributed by atoms with Crippen molar-refractivity contribution in [3.05, 3.63) is 47.9 Å². The van der Waals surface area contributed by atoms with E-state index in [1.54, 1.807) is 25.4 Å². The van der Waals surface area contributed by atoms with E-state index in [1.807, 2.05) is 6.07 Å². The predicted molar refractivity (Wildman–Crippen MR) is 78.6 cm³/mol. The van der Waals surface area contributed by atoms with Gasteiger partial charge >= 0.3 is 0 Å². The van der Waals surface area contributed by atoms with Crippen LogP contribution >= 0.6 is 24.8 Å². The Morgan fingerprint density at radius 2 is 2.00 bits per heavy atom. The topological polar surface area (TPSA) is 48.1 Å². The molecule has 0 aliphatic rings. The van der Waals surface area contributed by atoms with Gasteiger partial charge in [-0.3, -0.25) is 4.98 Å². The fourth-order valence-corrected chi connectivity index (χ4v) is 1.71. The van der Waals surface area contributed by atoms with E-state index in [0.717, 1.165) is 5.56 Å². The lowest BCUT2D eigenvalue weighted by molar-refractivity contribution is 0.415. The summed E-state index contributed by atoms with van der Waals surface area (Å²) in [7, 11) is 1.54. The second-order valence-corrected chi connectivity index (χ2v) is 3.56. The number of rotatable bonds is 3. The summed E-state index contributed by atoms with van der Waals surface area (Å²) in [5.41, 5.74) is 7.78. The van der Waals surface area contributed by atoms with E-state index in [2.05, 4.69) is 4.98 Å². The molecule has 2 rings (SSSR count). The lowest BCUT2D eigenvalue weighted by Crippen LogP contribution is -2.01. The predicted octanol–water partition coefficient (Wildman–Crippen LogP) is 3.20. The summed E-state index contributed by atoms with van der Waals surface area (Å²) in [5, 5.41) is 0. The number of halogens is 3. The van der Waals surface area contributed by atoms with Gasteiger partial charge in [-0.05, 0) is 29.8 Å². The number of hydrogen-bond acceptors (Lipinski definition) is 3. The molecule has 3 nitrogen and oxygen atoms in total. The summed E-state index contributed by atoms with van der Waals surface area (Å²) in [5.74, 6) is 0.259. The lowest BCUT2D eigenvalue weighted by atomic mass is 10.0. The third-order valence-corrected chi connectivity index (χ3v) is 2.53. The number of ether oxygens (including phenoxy) is 1. The van der Waals surface area contributed by atoms with Gasteiger partial charge in [0.05, 0.1) is 12.8 Å². The Morgan fingerprint density at radius 3 is 2.63 bits per heavy atom. The van der Waals surface area contributed by atoms with Gasteiger partial charge in [-0.25, -0.2) is 4.39 Å². The molecule has 0 radical (unpaired) electrons. The first kappa shape index (κ1) is 17.6. The maximum atomic E-state index is 13.3. The van der Waals surface area contributed by atoms with E-state index in [1.165, 1.54) is 12.1 Å². The quantitative estimate of drug-likeness (QED) is 0.947. The number of nitrogens with two attached hydrogens (primary N) is 1. The Labute approximate surface area is 123 Å². The Bertz CT molecular complexity index is 538. The highest BCUT2D eigenvalue weighted by Crippen LogP contribution is 2.31. The van der Waals surface area contributed by atoms with Gasteiger partial charge in [-0.2, -0.15) is 0 Å². The fraction of sp³-hybridized carbons (Fsp3) is 0.154. The first-order chi connectivity index (χ1) is 8.26. The number of methoxy groups -OCH3 is 1. The van der Waals surface area contributed by atoms with Crippen LogP contribution in [0.15, 0.2) is 36.5 Å². The van der Waals surface area contributed by atoms with Crippen LogP contribution in [0.3, 0.4) is 0 Å². The van der Waals surface area contributed by atoms with E-state index in [0.29, 0.717) is 23.6 Å². The molecule has 0 fully saturated rings. The fourth-order valence-electron chi connectivity index (χ4n) is 1.71. The third-order valence-electron chi connectivity index (χ3n) is 2.53. The molecule has 0 unspecified atom stereocenters. The maximum Gasteiger partial charge on any atom is 0.128 e. The summed E-state index contributed by atoms with van der Waals surface area (Å²) < 4.78 is 18.5. The van der Waals surface area contributed by atoms with Crippen molar-refractivity contribution in [2.45, 2.75) is 6.54 Å². The van der Waals surface area contributed by atoms with Gasteiger partial charge in [-0.1, -0.05) is 6.07 Å². The number of hydrogen-bond donors (Lipinski definition) is 1. The van der Waals surface area contributed by atoms with Crippen molar-refractivity contribution < 1.29 is 9.13 Å². The highest BCUT2D eigenvalue weighted by molar-refractivity contribution is 5.85. The molecule has 0 spiro atoms. The molecule has 104 valence electrons. The molecular weight excluding hydrogens is 290 g/mol. The Morgan fingerprint density at radius 1 is 1.26 bits per heavy atom. The van der Waals surface area contributed by atoms with Crippen molar-refractivity contribution in [1.82, 2.24) is 4.98 Å². The van der Waals surface area contributed by atoms with E-state index in [9.17, 15) is 4.39 Å². The van der Waals surface area contributed by atoms with Crippen LogP contribution in [0.25, 0.3) is 11.3 Å². The van der Waals surface area contributed by atoms with Crippen molar-refractivity contribution in [2.24, 2.45) is 5.73 Å². The molecule has 0 saturated heterocycles. The van der Waals surface area contributed by atoms with Gasteiger partial charge in [0.25, 0.3) is 0 Å². The summed E-state index contributed by atoms with van der Waals surface area (Å²) in [6.07, 6.45) is 1.65. The molecule has 2 aromatic rings. The Kier molecular flexibility index (Phi) is 7.37. The monoisotopic (exact) mass is 304 g/mol. The van der Waals surface area contributed by atoms with Crippen LogP contribution in [-0.2, 0) is 6.54 Å². The standard InChI is InChI=1S/C13H13FN2O.2ClH/c1-17-12-5-4-10(14)7-11(12)13-9(8-15)3-2-6-16-13;;/h2-7H,8,15H2,1H3;2*1H. The smallest absolute Gasteiger partial charge is 0.128 e. The maximum absolute atomic E-state index is 13.3. The molecule has 6 heteroatoms. The highest BCUT2D eigenvalue weighted by Gasteiger charge is 2.11. The Balaban J connectivity index is 0.00000162. The number of nitrogens with zero attached hydrogens (tertiary/aromatic N) is 1. The van der Waals surface area contributed by atoms with E-state index < -0.39 is 0 Å². The molecule has 1 aromatic heterocycles. The summed E-state index contributed by atoms with van der Waals surface area (Å²) >= 11 is 0. The van der Waals surface area contributed by atoms with Gasteiger partial charge in [0.1, 0.15) is 11.6 Å². The summed E-state index contributed by atoms with van der Waals surface area (Å²) in [4.78, 5) is 4.24. The van der Waals surface area contributed by atoms with Crippen molar-refractivity contribution in [3.63, 3.8) is 0 Å². The largest absolute Gasteiger partial charge is 0.496 e. The summed E-state index contributed by atoms with van der Waals surface area (Å²) in [6, 6.07) is 8.01.